The Morgan fingerprint density at radius 2 is 2.18 bits per heavy atom. The molecule has 2 aliphatic carbocycles. The number of rotatable bonds is 7. The lowest BCUT2D eigenvalue weighted by molar-refractivity contribution is -0.128. The van der Waals surface area contributed by atoms with E-state index in [-0.39, 0.29) is 29.4 Å². The first-order valence-electron chi connectivity index (χ1n) is 9.40. The van der Waals surface area contributed by atoms with Crippen molar-refractivity contribution in [2.45, 2.75) is 38.7 Å². The SMILES string of the molecule is CC1(C)[C@H]2CC[C@@]1(CS(=O)(=O)NC[C@](O)(c1ccoc1)c1cccs1)C(=O)C2. The molecule has 2 aromatic heterocycles. The van der Waals surface area contributed by atoms with Crippen LogP contribution >= 0.6 is 11.3 Å². The molecule has 0 unspecified atom stereocenters. The Balaban J connectivity index is 1.57. The summed E-state index contributed by atoms with van der Waals surface area (Å²) in [6.45, 7) is 3.81. The highest BCUT2D eigenvalue weighted by molar-refractivity contribution is 7.89. The Kier molecular flexibility index (Phi) is 4.61. The monoisotopic (exact) mass is 423 g/mol. The summed E-state index contributed by atoms with van der Waals surface area (Å²) in [7, 11) is -3.78. The predicted octanol–water partition coefficient (Wildman–Crippen LogP) is 2.89. The van der Waals surface area contributed by atoms with Gasteiger partial charge in [0.05, 0.1) is 18.3 Å². The number of fused-ring (bicyclic) bond motifs is 2. The van der Waals surface area contributed by atoms with Gasteiger partial charge < -0.3 is 9.52 Å². The van der Waals surface area contributed by atoms with E-state index in [0.717, 1.165) is 6.42 Å². The zero-order valence-corrected chi connectivity index (χ0v) is 17.6. The van der Waals surface area contributed by atoms with Gasteiger partial charge in [-0.15, -0.1) is 11.3 Å². The molecule has 4 rings (SSSR count). The van der Waals surface area contributed by atoms with Crippen LogP contribution in [0.25, 0.3) is 0 Å². The summed E-state index contributed by atoms with van der Waals surface area (Å²) in [5.41, 5.74) is -2.21. The van der Waals surface area contributed by atoms with Gasteiger partial charge in [-0.05, 0) is 41.7 Å². The maximum Gasteiger partial charge on any atom is 0.212 e. The standard InChI is InChI=1S/C20H25NO5S2/c1-18(2)14-5-7-19(18,16(22)10-14)13-28(24,25)21-12-20(23,15-6-8-26-11-15)17-4-3-9-27-17/h3-4,6,8-9,11,14,21,23H,5,7,10,12-13H2,1-2H3/t14-,19+,20-/m0/s1. The molecule has 2 fully saturated rings. The van der Waals surface area contributed by atoms with Gasteiger partial charge in [-0.2, -0.15) is 0 Å². The van der Waals surface area contributed by atoms with Crippen LogP contribution in [0.5, 0.6) is 0 Å². The number of sulfonamides is 1. The summed E-state index contributed by atoms with van der Waals surface area (Å²) in [6, 6.07) is 5.19. The van der Waals surface area contributed by atoms with Crippen molar-refractivity contribution in [2.24, 2.45) is 16.7 Å². The first kappa shape index (κ1) is 19.8. The fraction of sp³-hybridized carbons (Fsp3) is 0.550. The quantitative estimate of drug-likeness (QED) is 0.714. The van der Waals surface area contributed by atoms with Gasteiger partial charge in [-0.3, -0.25) is 4.79 Å². The zero-order valence-electron chi connectivity index (χ0n) is 16.0. The number of ketones is 1. The maximum atomic E-state index is 13.0. The van der Waals surface area contributed by atoms with Crippen molar-refractivity contribution in [1.82, 2.24) is 4.72 Å². The van der Waals surface area contributed by atoms with Gasteiger partial charge in [0.1, 0.15) is 11.4 Å². The van der Waals surface area contributed by atoms with Crippen LogP contribution < -0.4 is 4.72 Å². The number of carbonyl (C=O) groups is 1. The average Bonchev–Trinajstić information content (AvgIpc) is 3.39. The number of hydrogen-bond acceptors (Lipinski definition) is 6. The first-order chi connectivity index (χ1) is 13.1. The van der Waals surface area contributed by atoms with E-state index in [2.05, 4.69) is 4.72 Å². The normalized spacial score (nSPS) is 28.5. The zero-order chi connectivity index (χ0) is 20.2. The predicted molar refractivity (Wildman–Crippen MR) is 106 cm³/mol. The molecule has 2 aromatic rings. The van der Waals surface area contributed by atoms with Crippen LogP contribution in [0.3, 0.4) is 0 Å². The van der Waals surface area contributed by atoms with Gasteiger partial charge >= 0.3 is 0 Å². The maximum absolute atomic E-state index is 13.0. The average molecular weight is 424 g/mol. The van der Waals surface area contributed by atoms with Crippen molar-refractivity contribution in [3.05, 3.63) is 46.5 Å². The first-order valence-corrected chi connectivity index (χ1v) is 11.9. The molecule has 152 valence electrons. The highest BCUT2D eigenvalue weighted by Crippen LogP contribution is 2.64. The summed E-state index contributed by atoms with van der Waals surface area (Å²) >= 11 is 1.34. The second-order valence-corrected chi connectivity index (χ2v) is 11.4. The molecule has 2 saturated carbocycles. The molecule has 0 aliphatic heterocycles. The summed E-state index contributed by atoms with van der Waals surface area (Å²) < 4.78 is 33.7. The van der Waals surface area contributed by atoms with E-state index in [1.165, 1.54) is 23.9 Å². The smallest absolute Gasteiger partial charge is 0.212 e. The van der Waals surface area contributed by atoms with E-state index < -0.39 is 21.0 Å². The van der Waals surface area contributed by atoms with E-state index >= 15 is 0 Å². The van der Waals surface area contributed by atoms with Crippen LogP contribution in [0.15, 0.2) is 40.5 Å². The highest BCUT2D eigenvalue weighted by Gasteiger charge is 2.65. The van der Waals surface area contributed by atoms with E-state index in [0.29, 0.717) is 23.3 Å². The Bertz CT molecular complexity index is 928. The number of carbonyl (C=O) groups excluding carboxylic acids is 1. The van der Waals surface area contributed by atoms with Crippen molar-refractivity contribution < 1.29 is 22.7 Å². The van der Waals surface area contributed by atoms with Crippen LogP contribution in [0.2, 0.25) is 0 Å². The van der Waals surface area contributed by atoms with Crippen LogP contribution in [0.1, 0.15) is 43.6 Å². The third kappa shape index (κ3) is 2.89. The molecule has 0 radical (unpaired) electrons. The number of hydrogen-bond donors (Lipinski definition) is 2. The van der Waals surface area contributed by atoms with E-state index in [1.807, 2.05) is 19.2 Å². The molecule has 2 aliphatic rings. The lowest BCUT2D eigenvalue weighted by Gasteiger charge is -2.36. The van der Waals surface area contributed by atoms with Crippen molar-refractivity contribution in [3.8, 4) is 0 Å². The third-order valence-corrected chi connectivity index (χ3v) is 9.53. The third-order valence-electron chi connectivity index (χ3n) is 7.05. The number of Topliss-reactive ketones (excluding diaryl/α,β-unsaturated/α-hetero) is 1. The molecule has 28 heavy (non-hydrogen) atoms. The van der Waals surface area contributed by atoms with Gasteiger partial charge in [-0.25, -0.2) is 13.1 Å². The number of thiophene rings is 1. The Morgan fingerprint density at radius 3 is 2.71 bits per heavy atom. The fourth-order valence-electron chi connectivity index (χ4n) is 5.04. The Labute approximate surface area is 169 Å². The molecule has 3 atom stereocenters. The lowest BCUT2D eigenvalue weighted by atomic mass is 9.70. The second-order valence-electron chi connectivity index (χ2n) is 8.60. The van der Waals surface area contributed by atoms with E-state index in [4.69, 9.17) is 4.42 Å². The van der Waals surface area contributed by atoms with Gasteiger partial charge in [0.2, 0.25) is 10.0 Å². The van der Waals surface area contributed by atoms with Gasteiger partial charge in [0.15, 0.2) is 0 Å². The van der Waals surface area contributed by atoms with Gasteiger partial charge in [0, 0.05) is 28.8 Å². The van der Waals surface area contributed by atoms with Crippen LogP contribution in [0.4, 0.5) is 0 Å². The summed E-state index contributed by atoms with van der Waals surface area (Å²) in [6.07, 6.45) is 4.83. The van der Waals surface area contributed by atoms with Crippen LogP contribution in [0, 0.1) is 16.7 Å². The number of furan rings is 1. The molecule has 0 spiro atoms. The van der Waals surface area contributed by atoms with Gasteiger partial charge in [0.25, 0.3) is 0 Å². The fourth-order valence-corrected chi connectivity index (χ4v) is 7.75. The molecule has 6 nitrogen and oxygen atoms in total. The molecule has 0 amide bonds. The van der Waals surface area contributed by atoms with E-state index in [9.17, 15) is 18.3 Å². The van der Waals surface area contributed by atoms with Crippen molar-refractivity contribution >= 4 is 27.1 Å². The number of nitrogens with one attached hydrogen (secondary N) is 1. The largest absolute Gasteiger partial charge is 0.472 e. The van der Waals surface area contributed by atoms with E-state index in [1.54, 1.807) is 18.2 Å². The molecule has 8 heteroatoms. The molecular weight excluding hydrogens is 398 g/mol. The Morgan fingerprint density at radius 1 is 1.39 bits per heavy atom. The minimum absolute atomic E-state index is 0.0579. The lowest BCUT2D eigenvalue weighted by Crippen LogP contribution is -2.48. The van der Waals surface area contributed by atoms with Crippen molar-refractivity contribution in [1.29, 1.82) is 0 Å². The second kappa shape index (κ2) is 6.52. The molecule has 2 heterocycles. The molecule has 2 N–H and O–H groups in total. The van der Waals surface area contributed by atoms with Gasteiger partial charge in [-0.1, -0.05) is 19.9 Å². The minimum Gasteiger partial charge on any atom is -0.472 e. The van der Waals surface area contributed by atoms with Crippen molar-refractivity contribution in [3.63, 3.8) is 0 Å². The minimum atomic E-state index is -3.78. The molecular formula is C20H25NO5S2. The number of aliphatic hydroxyl groups is 1. The van der Waals surface area contributed by atoms with Crippen LogP contribution in [-0.2, 0) is 20.4 Å². The summed E-state index contributed by atoms with van der Waals surface area (Å²) in [5.74, 6) is 0.0838. The molecule has 2 bridgehead atoms. The highest BCUT2D eigenvalue weighted by atomic mass is 32.2. The van der Waals surface area contributed by atoms with Crippen LogP contribution in [-0.4, -0.2) is 31.6 Å². The summed E-state index contributed by atoms with van der Waals surface area (Å²) in [4.78, 5) is 13.3. The Hall–Kier alpha value is -1.48. The molecule has 0 saturated heterocycles. The molecule has 0 aromatic carbocycles. The van der Waals surface area contributed by atoms with Crippen molar-refractivity contribution in [2.75, 3.05) is 12.3 Å². The summed E-state index contributed by atoms with van der Waals surface area (Å²) in [5, 5.41) is 13.1. The topological polar surface area (TPSA) is 96.6 Å².